The zero-order valence-electron chi connectivity index (χ0n) is 16.7. The van der Waals surface area contributed by atoms with Gasteiger partial charge in [-0.3, -0.25) is 14.2 Å². The fourth-order valence-electron chi connectivity index (χ4n) is 4.13. The topological polar surface area (TPSA) is 81.8 Å². The Balaban J connectivity index is 1.38. The van der Waals surface area contributed by atoms with Gasteiger partial charge in [0.1, 0.15) is 24.1 Å². The van der Waals surface area contributed by atoms with E-state index in [1.165, 1.54) is 39.5 Å². The number of benzene rings is 2. The van der Waals surface area contributed by atoms with Crippen LogP contribution in [0.25, 0.3) is 16.7 Å². The lowest BCUT2D eigenvalue weighted by Gasteiger charge is -2.26. The molecular weight excluding hydrogens is 397 g/mol. The molecule has 2 aromatic carbocycles. The van der Waals surface area contributed by atoms with Gasteiger partial charge in [-0.05, 0) is 54.7 Å². The number of aromatic nitrogens is 4. The summed E-state index contributed by atoms with van der Waals surface area (Å²) in [5.41, 5.74) is 3.00. The van der Waals surface area contributed by atoms with Gasteiger partial charge in [-0.1, -0.05) is 24.3 Å². The van der Waals surface area contributed by atoms with Crippen LogP contribution in [0.3, 0.4) is 0 Å². The lowest BCUT2D eigenvalue weighted by Crippen LogP contribution is -2.36. The molecule has 1 aliphatic carbocycles. The number of hydrogen-bond acceptors (Lipinski definition) is 4. The number of rotatable bonds is 4. The van der Waals surface area contributed by atoms with E-state index < -0.39 is 0 Å². The second-order valence-electron chi connectivity index (χ2n) is 7.66. The molecule has 1 atom stereocenters. The molecule has 0 aliphatic heterocycles. The Labute approximate surface area is 177 Å². The highest BCUT2D eigenvalue weighted by atomic mass is 19.1. The summed E-state index contributed by atoms with van der Waals surface area (Å²) in [5.74, 6) is -0.599. The van der Waals surface area contributed by atoms with Crippen LogP contribution < -0.4 is 10.9 Å². The van der Waals surface area contributed by atoms with E-state index in [2.05, 4.69) is 21.5 Å². The maximum absolute atomic E-state index is 13.2. The highest BCUT2D eigenvalue weighted by molar-refractivity contribution is 5.78. The van der Waals surface area contributed by atoms with Crippen LogP contribution >= 0.6 is 0 Å². The lowest BCUT2D eigenvalue weighted by atomic mass is 9.88. The molecule has 156 valence electrons. The van der Waals surface area contributed by atoms with Crippen molar-refractivity contribution in [3.63, 3.8) is 0 Å². The van der Waals surface area contributed by atoms with E-state index in [4.69, 9.17) is 0 Å². The first-order chi connectivity index (χ1) is 15.1. The van der Waals surface area contributed by atoms with E-state index in [1.807, 2.05) is 18.2 Å². The van der Waals surface area contributed by atoms with Crippen LogP contribution in [0.5, 0.6) is 0 Å². The Morgan fingerprint density at radius 3 is 2.81 bits per heavy atom. The van der Waals surface area contributed by atoms with Crippen LogP contribution in [0, 0.1) is 5.82 Å². The van der Waals surface area contributed by atoms with Gasteiger partial charge in [0.25, 0.3) is 5.56 Å². The molecule has 1 amide bonds. The van der Waals surface area contributed by atoms with Gasteiger partial charge in [0, 0.05) is 0 Å². The lowest BCUT2D eigenvalue weighted by molar-refractivity contribution is -0.122. The zero-order chi connectivity index (χ0) is 21.4. The average molecular weight is 417 g/mol. The van der Waals surface area contributed by atoms with E-state index in [0.29, 0.717) is 16.7 Å². The smallest absolute Gasteiger partial charge is 0.264 e. The van der Waals surface area contributed by atoms with Crippen molar-refractivity contribution in [1.29, 1.82) is 0 Å². The van der Waals surface area contributed by atoms with Crippen LogP contribution in [0.2, 0.25) is 0 Å². The SMILES string of the molecule is O=C(Cn1cnc2c(cnn2-c2ccc(F)cc2)c1=O)N[C@@H]1CCCc2ccccc21. The molecule has 0 unspecified atom stereocenters. The largest absolute Gasteiger partial charge is 0.348 e. The number of fused-ring (bicyclic) bond motifs is 2. The quantitative estimate of drug-likeness (QED) is 0.554. The van der Waals surface area contributed by atoms with Crippen LogP contribution in [-0.4, -0.2) is 25.2 Å². The zero-order valence-corrected chi connectivity index (χ0v) is 16.7. The third kappa shape index (κ3) is 3.61. The molecule has 1 N–H and O–H groups in total. The van der Waals surface area contributed by atoms with E-state index in [-0.39, 0.29) is 29.9 Å². The van der Waals surface area contributed by atoms with Gasteiger partial charge in [0.15, 0.2) is 5.65 Å². The maximum Gasteiger partial charge on any atom is 0.264 e. The Kier molecular flexibility index (Phi) is 4.82. The number of carbonyl (C=O) groups excluding carboxylic acids is 1. The van der Waals surface area contributed by atoms with Crippen LogP contribution in [0.15, 0.2) is 65.8 Å². The highest BCUT2D eigenvalue weighted by Crippen LogP contribution is 2.29. The molecule has 8 heteroatoms. The molecule has 31 heavy (non-hydrogen) atoms. The van der Waals surface area contributed by atoms with Crippen LogP contribution in [-0.2, 0) is 17.8 Å². The van der Waals surface area contributed by atoms with Crippen molar-refractivity contribution in [3.05, 3.63) is 88.4 Å². The summed E-state index contributed by atoms with van der Waals surface area (Å²) in [6.07, 6.45) is 5.67. The Morgan fingerprint density at radius 2 is 1.97 bits per heavy atom. The summed E-state index contributed by atoms with van der Waals surface area (Å²) >= 11 is 0. The van der Waals surface area contributed by atoms with Gasteiger partial charge < -0.3 is 5.32 Å². The third-order valence-corrected chi connectivity index (χ3v) is 5.64. The fraction of sp³-hybridized carbons (Fsp3) is 0.217. The van der Waals surface area contributed by atoms with Crippen molar-refractivity contribution < 1.29 is 9.18 Å². The second-order valence-corrected chi connectivity index (χ2v) is 7.66. The summed E-state index contributed by atoms with van der Waals surface area (Å²) in [4.78, 5) is 29.9. The molecule has 5 rings (SSSR count). The average Bonchev–Trinajstić information content (AvgIpc) is 3.21. The molecule has 0 saturated carbocycles. The van der Waals surface area contributed by atoms with Crippen molar-refractivity contribution >= 4 is 16.9 Å². The van der Waals surface area contributed by atoms with Crippen LogP contribution in [0.4, 0.5) is 4.39 Å². The summed E-state index contributed by atoms with van der Waals surface area (Å²) in [6, 6.07) is 13.8. The number of nitrogens with one attached hydrogen (secondary N) is 1. The molecule has 2 heterocycles. The minimum Gasteiger partial charge on any atom is -0.348 e. The molecule has 0 radical (unpaired) electrons. The highest BCUT2D eigenvalue weighted by Gasteiger charge is 2.22. The summed E-state index contributed by atoms with van der Waals surface area (Å²) in [5, 5.41) is 7.56. The molecular formula is C23H20FN5O2. The van der Waals surface area contributed by atoms with E-state index in [9.17, 15) is 14.0 Å². The summed E-state index contributed by atoms with van der Waals surface area (Å²) in [7, 11) is 0. The van der Waals surface area contributed by atoms with Crippen molar-refractivity contribution in [3.8, 4) is 5.69 Å². The number of carbonyl (C=O) groups is 1. The first kappa shape index (κ1) is 19.2. The van der Waals surface area contributed by atoms with Gasteiger partial charge in [-0.15, -0.1) is 0 Å². The Morgan fingerprint density at radius 1 is 1.16 bits per heavy atom. The van der Waals surface area contributed by atoms with Gasteiger partial charge in [-0.2, -0.15) is 5.10 Å². The van der Waals surface area contributed by atoms with E-state index in [0.717, 1.165) is 24.8 Å². The first-order valence-corrected chi connectivity index (χ1v) is 10.2. The minimum atomic E-state index is -0.359. The van der Waals surface area contributed by atoms with Crippen molar-refractivity contribution in [2.24, 2.45) is 0 Å². The molecule has 7 nitrogen and oxygen atoms in total. The standard InChI is InChI=1S/C23H20FN5O2/c24-16-8-10-17(11-9-16)29-22-19(12-26-29)23(31)28(14-25-22)13-21(30)27-20-7-3-5-15-4-1-2-6-18(15)20/h1-2,4,6,8-12,14,20H,3,5,7,13H2,(H,27,30)/t20-/m1/s1. The number of aryl methyl sites for hydroxylation is 1. The molecule has 1 aliphatic rings. The fourth-order valence-corrected chi connectivity index (χ4v) is 4.13. The van der Waals surface area contributed by atoms with E-state index in [1.54, 1.807) is 12.1 Å². The summed E-state index contributed by atoms with van der Waals surface area (Å²) in [6.45, 7) is -0.123. The predicted molar refractivity (Wildman–Crippen MR) is 113 cm³/mol. The number of amides is 1. The third-order valence-electron chi connectivity index (χ3n) is 5.64. The van der Waals surface area contributed by atoms with Gasteiger partial charge in [0.05, 0.1) is 17.9 Å². The van der Waals surface area contributed by atoms with Gasteiger partial charge in [0.2, 0.25) is 5.91 Å². The van der Waals surface area contributed by atoms with Gasteiger partial charge in [-0.25, -0.2) is 14.1 Å². The summed E-state index contributed by atoms with van der Waals surface area (Å²) < 4.78 is 15.9. The van der Waals surface area contributed by atoms with Crippen molar-refractivity contribution in [2.75, 3.05) is 0 Å². The van der Waals surface area contributed by atoms with Crippen molar-refractivity contribution in [1.82, 2.24) is 24.6 Å². The number of hydrogen-bond donors (Lipinski definition) is 1. The van der Waals surface area contributed by atoms with E-state index >= 15 is 0 Å². The number of halogens is 1. The first-order valence-electron chi connectivity index (χ1n) is 10.2. The Bertz CT molecular complexity index is 1330. The van der Waals surface area contributed by atoms with Crippen molar-refractivity contribution in [2.45, 2.75) is 31.8 Å². The van der Waals surface area contributed by atoms with Crippen LogP contribution in [0.1, 0.15) is 30.0 Å². The number of nitrogens with zero attached hydrogens (tertiary/aromatic N) is 4. The second kappa shape index (κ2) is 7.79. The minimum absolute atomic E-state index is 0.0499. The maximum atomic E-state index is 13.2. The molecule has 0 bridgehead atoms. The molecule has 4 aromatic rings. The monoisotopic (exact) mass is 417 g/mol. The normalized spacial score (nSPS) is 15.6. The molecule has 0 saturated heterocycles. The molecule has 2 aromatic heterocycles. The molecule has 0 spiro atoms. The van der Waals surface area contributed by atoms with Gasteiger partial charge >= 0.3 is 0 Å². The predicted octanol–water partition coefficient (Wildman–Crippen LogP) is 2.92. The molecule has 0 fully saturated rings. The Hall–Kier alpha value is -3.81.